The van der Waals surface area contributed by atoms with E-state index in [1.165, 1.54) is 16.7 Å². The number of β-lactam (4-membered cyclic amide) rings is 1. The quantitative estimate of drug-likeness (QED) is 0.436. The Bertz CT molecular complexity index is 736. The Morgan fingerprint density at radius 1 is 1.37 bits per heavy atom. The number of rotatable bonds is 6. The van der Waals surface area contributed by atoms with Gasteiger partial charge in [-0.1, -0.05) is 25.1 Å². The minimum absolute atomic E-state index is 0. The molecule has 3 rings (SSSR count). The summed E-state index contributed by atoms with van der Waals surface area (Å²) < 4.78 is 5.09. The Balaban J connectivity index is 0.00000196. The first kappa shape index (κ1) is 22.7. The zero-order valence-corrected chi connectivity index (χ0v) is 19.8. The zero-order chi connectivity index (χ0) is 19.1. The summed E-state index contributed by atoms with van der Waals surface area (Å²) in [6.07, 6.45) is -0.263. The summed E-state index contributed by atoms with van der Waals surface area (Å²) in [5.41, 5.74) is 0. The largest absolute Gasteiger partial charge is 1.00 e. The predicted octanol–water partition coefficient (Wildman–Crippen LogP) is -1.41. The fourth-order valence-corrected chi connectivity index (χ4v) is 5.00. The molecule has 2 aliphatic heterocycles. The minimum Gasteiger partial charge on any atom is -1.00 e. The number of carbonyl (C=O) groups excluding carboxylic acids is 2. The Morgan fingerprint density at radius 3 is 2.56 bits per heavy atom. The molecule has 4 atom stereocenters. The second-order valence-electron chi connectivity index (χ2n) is 6.91. The van der Waals surface area contributed by atoms with E-state index in [4.69, 9.17) is 4.74 Å². The van der Waals surface area contributed by atoms with Crippen LogP contribution in [-0.2, 0) is 14.4 Å². The number of carboxylic acids is 1. The molecule has 0 aromatic heterocycles. The monoisotopic (exact) mass is 418 g/mol. The summed E-state index contributed by atoms with van der Waals surface area (Å²) in [6, 6.07) is 7.41. The van der Waals surface area contributed by atoms with Gasteiger partial charge in [0.05, 0.1) is 0 Å². The molecule has 0 bridgehead atoms. The first-order chi connectivity index (χ1) is 12.3. The van der Waals surface area contributed by atoms with Crippen molar-refractivity contribution in [1.29, 1.82) is 0 Å². The van der Waals surface area contributed by atoms with Crippen molar-refractivity contribution in [2.24, 2.45) is 0 Å². The molecule has 9 heteroatoms. The molecule has 1 aromatic rings. The fraction of sp³-hybridized carbons (Fsp3) is 0.500. The molecule has 0 saturated carbocycles. The van der Waals surface area contributed by atoms with Crippen LogP contribution < -0.4 is 61.4 Å². The third-order valence-electron chi connectivity index (χ3n) is 4.66. The topological polar surface area (TPSA) is 95.9 Å². The van der Waals surface area contributed by atoms with Gasteiger partial charge in [0.1, 0.15) is 23.2 Å². The maximum absolute atomic E-state index is 12.6. The molecule has 2 heterocycles. The Hall–Kier alpha value is -0.584. The predicted molar refractivity (Wildman–Crippen MR) is 97.9 cm³/mol. The smallest absolute Gasteiger partial charge is 1.00 e. The van der Waals surface area contributed by atoms with Gasteiger partial charge >= 0.3 is 57.4 Å². The Morgan fingerprint density at radius 2 is 2.00 bits per heavy atom. The number of hydrogen-bond donors (Lipinski definition) is 2. The van der Waals surface area contributed by atoms with Crippen molar-refractivity contribution >= 4 is 29.5 Å². The molecule has 0 spiro atoms. The van der Waals surface area contributed by atoms with Crippen molar-refractivity contribution < 1.29 is 77.0 Å². The van der Waals surface area contributed by atoms with E-state index in [1.807, 2.05) is 25.1 Å². The van der Waals surface area contributed by atoms with Crippen LogP contribution in [-0.4, -0.2) is 56.1 Å². The molecule has 2 N–H and O–H groups in total. The summed E-state index contributed by atoms with van der Waals surface area (Å²) in [5.74, 6) is -1.17. The van der Waals surface area contributed by atoms with Crippen LogP contribution in [0.5, 0.6) is 5.75 Å². The van der Waals surface area contributed by atoms with Crippen LogP contribution in [0, 0.1) is 0 Å². The number of fused-ring (bicyclic) bond motifs is 1. The van der Waals surface area contributed by atoms with E-state index in [1.54, 1.807) is 26.0 Å². The first-order valence-corrected chi connectivity index (χ1v) is 9.39. The van der Waals surface area contributed by atoms with Crippen molar-refractivity contribution in [3.63, 3.8) is 0 Å². The van der Waals surface area contributed by atoms with Gasteiger partial charge in [-0.25, -0.2) is 4.79 Å². The molecule has 2 saturated heterocycles. The molecule has 7 nitrogen and oxygen atoms in total. The van der Waals surface area contributed by atoms with E-state index in [-0.39, 0.29) is 70.0 Å². The third-order valence-corrected chi connectivity index (χ3v) is 6.23. The van der Waals surface area contributed by atoms with Crippen molar-refractivity contribution in [1.82, 2.24) is 10.2 Å². The van der Waals surface area contributed by atoms with Crippen LogP contribution in [0.15, 0.2) is 30.3 Å². The van der Waals surface area contributed by atoms with Gasteiger partial charge in [-0.05, 0) is 32.4 Å². The van der Waals surface area contributed by atoms with Gasteiger partial charge in [0.15, 0.2) is 6.10 Å². The van der Waals surface area contributed by atoms with Gasteiger partial charge in [-0.15, -0.1) is 11.8 Å². The standard InChI is InChI=1S/C18H22N2O5S.K.H/c1-4-11(25-10-8-6-5-7-9-10)14(21)19-12-15(22)20-13(17(23)24)18(2,3)26-16(12)20;;/h5-9,11-13,16H,4H2,1-3H3,(H,19,21)(H,23,24);;/q;+1;-1/t11?,12-,13+,16-;;/m1../s1. The van der Waals surface area contributed by atoms with Crippen LogP contribution in [0.4, 0.5) is 0 Å². The molecule has 2 fully saturated rings. The number of benzene rings is 1. The number of carboxylic acid groups (broad SMARTS) is 1. The Kier molecular flexibility index (Phi) is 7.43. The van der Waals surface area contributed by atoms with Crippen LogP contribution in [0.1, 0.15) is 28.6 Å². The molecule has 0 aliphatic carbocycles. The van der Waals surface area contributed by atoms with Crippen LogP contribution >= 0.6 is 11.8 Å². The number of para-hydroxylation sites is 1. The summed E-state index contributed by atoms with van der Waals surface area (Å²) in [4.78, 5) is 37.9. The van der Waals surface area contributed by atoms with Crippen molar-refractivity contribution in [3.05, 3.63) is 30.3 Å². The van der Waals surface area contributed by atoms with E-state index in [0.29, 0.717) is 12.2 Å². The third kappa shape index (κ3) is 4.38. The SMILES string of the molecule is CCC(Oc1ccccc1)C(=O)N[C@@H]1C(=O)N2[C@@H]1SC(C)(C)[C@@H]2C(=O)O.[H-].[K+]. The van der Waals surface area contributed by atoms with E-state index >= 15 is 0 Å². The molecule has 27 heavy (non-hydrogen) atoms. The molecule has 0 radical (unpaired) electrons. The van der Waals surface area contributed by atoms with Gasteiger partial charge in [0.25, 0.3) is 5.91 Å². The number of thioether (sulfide) groups is 1. The van der Waals surface area contributed by atoms with Crippen molar-refractivity contribution in [2.45, 2.75) is 55.5 Å². The van der Waals surface area contributed by atoms with Gasteiger partial charge in [0, 0.05) is 4.75 Å². The summed E-state index contributed by atoms with van der Waals surface area (Å²) in [7, 11) is 0. The molecule has 2 amide bonds. The van der Waals surface area contributed by atoms with Crippen LogP contribution in [0.25, 0.3) is 0 Å². The van der Waals surface area contributed by atoms with Crippen LogP contribution in [0.2, 0.25) is 0 Å². The molecule has 1 unspecified atom stereocenters. The maximum Gasteiger partial charge on any atom is 1.00 e. The fourth-order valence-electron chi connectivity index (χ4n) is 3.38. The van der Waals surface area contributed by atoms with E-state index in [0.717, 1.165) is 0 Å². The van der Waals surface area contributed by atoms with E-state index < -0.39 is 28.9 Å². The number of carbonyl (C=O) groups is 3. The molecule has 2 aliphatic rings. The van der Waals surface area contributed by atoms with Gasteiger partial charge < -0.3 is 21.5 Å². The first-order valence-electron chi connectivity index (χ1n) is 8.51. The van der Waals surface area contributed by atoms with E-state index in [9.17, 15) is 19.5 Å². The van der Waals surface area contributed by atoms with Gasteiger partial charge in [-0.3, -0.25) is 9.59 Å². The molecule has 1 aromatic carbocycles. The summed E-state index contributed by atoms with van der Waals surface area (Å²) in [5, 5.41) is 11.8. The average molecular weight is 419 g/mol. The number of nitrogens with one attached hydrogen (secondary N) is 1. The minimum atomic E-state index is -1.03. The van der Waals surface area contributed by atoms with Crippen LogP contribution in [0.3, 0.4) is 0 Å². The Labute approximate surface area is 206 Å². The van der Waals surface area contributed by atoms with E-state index in [2.05, 4.69) is 5.32 Å². The average Bonchev–Trinajstić information content (AvgIpc) is 2.86. The van der Waals surface area contributed by atoms with Crippen molar-refractivity contribution in [2.75, 3.05) is 0 Å². The van der Waals surface area contributed by atoms with Crippen molar-refractivity contribution in [3.8, 4) is 5.75 Å². The second-order valence-corrected chi connectivity index (χ2v) is 8.68. The second kappa shape index (κ2) is 8.83. The number of nitrogens with zero attached hydrogens (tertiary/aromatic N) is 1. The zero-order valence-electron chi connectivity index (χ0n) is 16.8. The normalized spacial score (nSPS) is 26.3. The molecular weight excluding hydrogens is 395 g/mol. The maximum atomic E-state index is 12.6. The number of ether oxygens (including phenoxy) is 1. The van der Waals surface area contributed by atoms with Gasteiger partial charge in [0.2, 0.25) is 5.91 Å². The summed E-state index contributed by atoms with van der Waals surface area (Å²) in [6.45, 7) is 5.43. The molecule has 142 valence electrons. The number of aliphatic carboxylic acids is 1. The molecular formula is C18H23KN2O5S. The number of amides is 2. The summed E-state index contributed by atoms with van der Waals surface area (Å²) >= 11 is 1.40. The number of hydrogen-bond acceptors (Lipinski definition) is 5. The van der Waals surface area contributed by atoms with Gasteiger partial charge in [-0.2, -0.15) is 0 Å².